The number of fused-ring (bicyclic) bond motifs is 1. The molecule has 1 amide bonds. The molecule has 3 heterocycles. The fourth-order valence-electron chi connectivity index (χ4n) is 3.28. The number of aryl methyl sites for hydroxylation is 1. The van der Waals surface area contributed by atoms with Crippen molar-refractivity contribution in [2.75, 3.05) is 18.4 Å². The molecule has 2 aromatic heterocycles. The summed E-state index contributed by atoms with van der Waals surface area (Å²) >= 11 is 0. The maximum atomic E-state index is 12.9. The molecule has 1 atom stereocenters. The SMILES string of the molecule is Cn1nnc2cc(C(=O)N3CCC[C@@H](Nc4ccccc4)C3)cnc21. The van der Waals surface area contributed by atoms with E-state index in [1.807, 2.05) is 35.2 Å². The molecule has 25 heavy (non-hydrogen) atoms. The summed E-state index contributed by atoms with van der Waals surface area (Å²) in [4.78, 5) is 19.1. The minimum Gasteiger partial charge on any atom is -0.381 e. The number of amides is 1. The first-order chi connectivity index (χ1) is 12.2. The lowest BCUT2D eigenvalue weighted by Crippen LogP contribution is -2.45. The molecule has 1 aromatic carbocycles. The van der Waals surface area contributed by atoms with Crippen LogP contribution in [0.1, 0.15) is 23.2 Å². The van der Waals surface area contributed by atoms with Gasteiger partial charge < -0.3 is 10.2 Å². The highest BCUT2D eigenvalue weighted by Crippen LogP contribution is 2.19. The summed E-state index contributed by atoms with van der Waals surface area (Å²) in [6.45, 7) is 1.45. The van der Waals surface area contributed by atoms with Crippen molar-refractivity contribution in [2.45, 2.75) is 18.9 Å². The van der Waals surface area contributed by atoms with E-state index in [2.05, 4.69) is 20.6 Å². The van der Waals surface area contributed by atoms with Crippen LogP contribution in [0.25, 0.3) is 11.2 Å². The summed E-state index contributed by atoms with van der Waals surface area (Å²) in [7, 11) is 1.79. The van der Waals surface area contributed by atoms with Gasteiger partial charge >= 0.3 is 0 Å². The van der Waals surface area contributed by atoms with Crippen LogP contribution in [0.5, 0.6) is 0 Å². The van der Waals surface area contributed by atoms with E-state index in [0.717, 1.165) is 25.1 Å². The second-order valence-electron chi connectivity index (χ2n) is 6.38. The zero-order valence-corrected chi connectivity index (χ0v) is 14.1. The first kappa shape index (κ1) is 15.6. The third-order valence-electron chi connectivity index (χ3n) is 4.54. The molecule has 1 aliphatic heterocycles. The van der Waals surface area contributed by atoms with E-state index in [1.54, 1.807) is 24.0 Å². The second-order valence-corrected chi connectivity index (χ2v) is 6.38. The molecule has 0 saturated carbocycles. The quantitative estimate of drug-likeness (QED) is 0.792. The van der Waals surface area contributed by atoms with Crippen LogP contribution >= 0.6 is 0 Å². The number of para-hydroxylation sites is 1. The van der Waals surface area contributed by atoms with Gasteiger partial charge in [0.1, 0.15) is 5.52 Å². The average Bonchev–Trinajstić information content (AvgIpc) is 3.02. The summed E-state index contributed by atoms with van der Waals surface area (Å²) in [5, 5.41) is 11.5. The number of carbonyl (C=O) groups excluding carboxylic acids is 1. The zero-order chi connectivity index (χ0) is 17.2. The van der Waals surface area contributed by atoms with E-state index in [1.165, 1.54) is 0 Å². The van der Waals surface area contributed by atoms with Crippen LogP contribution in [0.3, 0.4) is 0 Å². The number of anilines is 1. The van der Waals surface area contributed by atoms with Crippen LogP contribution in [0.2, 0.25) is 0 Å². The Morgan fingerprint density at radius 1 is 1.28 bits per heavy atom. The van der Waals surface area contributed by atoms with Crippen molar-refractivity contribution in [3.05, 3.63) is 48.2 Å². The molecular formula is C18H20N6O. The Balaban J connectivity index is 1.48. The maximum absolute atomic E-state index is 12.9. The normalized spacial score (nSPS) is 17.6. The lowest BCUT2D eigenvalue weighted by Gasteiger charge is -2.33. The van der Waals surface area contributed by atoms with Crippen LogP contribution in [0.4, 0.5) is 5.69 Å². The van der Waals surface area contributed by atoms with E-state index >= 15 is 0 Å². The first-order valence-corrected chi connectivity index (χ1v) is 8.47. The van der Waals surface area contributed by atoms with Gasteiger partial charge in [-0.3, -0.25) is 4.79 Å². The third kappa shape index (κ3) is 3.17. The molecule has 0 radical (unpaired) electrons. The molecule has 4 rings (SSSR count). The van der Waals surface area contributed by atoms with Crippen molar-refractivity contribution in [2.24, 2.45) is 7.05 Å². The van der Waals surface area contributed by atoms with Gasteiger partial charge in [-0.1, -0.05) is 23.4 Å². The van der Waals surface area contributed by atoms with Gasteiger partial charge in [0, 0.05) is 38.1 Å². The summed E-state index contributed by atoms with van der Waals surface area (Å²) in [6, 6.07) is 12.1. The fourth-order valence-corrected chi connectivity index (χ4v) is 3.28. The standard InChI is InChI=1S/C18H20N6O/c1-23-17-16(21-22-23)10-13(11-19-17)18(25)24-9-5-8-15(12-24)20-14-6-3-2-4-7-14/h2-4,6-7,10-11,15,20H,5,8-9,12H2,1H3/t15-/m1/s1. The highest BCUT2D eigenvalue weighted by Gasteiger charge is 2.25. The minimum atomic E-state index is -0.000357. The number of carbonyl (C=O) groups is 1. The predicted octanol–water partition coefficient (Wildman–Crippen LogP) is 2.08. The Bertz CT molecular complexity index is 891. The fraction of sp³-hybridized carbons (Fsp3) is 0.333. The largest absolute Gasteiger partial charge is 0.381 e. The highest BCUT2D eigenvalue weighted by atomic mass is 16.2. The van der Waals surface area contributed by atoms with E-state index < -0.39 is 0 Å². The van der Waals surface area contributed by atoms with Crippen LogP contribution in [0.15, 0.2) is 42.6 Å². The topological polar surface area (TPSA) is 75.9 Å². The van der Waals surface area contributed by atoms with Crippen molar-refractivity contribution >= 4 is 22.8 Å². The van der Waals surface area contributed by atoms with Crippen LogP contribution in [-0.2, 0) is 7.05 Å². The van der Waals surface area contributed by atoms with Gasteiger partial charge in [-0.2, -0.15) is 0 Å². The number of hydrogen-bond acceptors (Lipinski definition) is 5. The average molecular weight is 336 g/mol. The van der Waals surface area contributed by atoms with Gasteiger partial charge in [0.15, 0.2) is 5.65 Å². The molecule has 1 saturated heterocycles. The van der Waals surface area contributed by atoms with Crippen LogP contribution in [0, 0.1) is 0 Å². The molecule has 0 unspecified atom stereocenters. The summed E-state index contributed by atoms with van der Waals surface area (Å²) < 4.78 is 1.60. The first-order valence-electron chi connectivity index (χ1n) is 8.47. The lowest BCUT2D eigenvalue weighted by atomic mass is 10.0. The number of likely N-dealkylation sites (tertiary alicyclic amines) is 1. The predicted molar refractivity (Wildman–Crippen MR) is 95.3 cm³/mol. The summed E-state index contributed by atoms with van der Waals surface area (Å²) in [6.07, 6.45) is 3.65. The maximum Gasteiger partial charge on any atom is 0.255 e. The number of piperidine rings is 1. The number of benzene rings is 1. The number of nitrogens with zero attached hydrogens (tertiary/aromatic N) is 5. The zero-order valence-electron chi connectivity index (χ0n) is 14.1. The number of nitrogens with one attached hydrogen (secondary N) is 1. The molecule has 0 bridgehead atoms. The molecule has 7 nitrogen and oxygen atoms in total. The van der Waals surface area contributed by atoms with Crippen molar-refractivity contribution < 1.29 is 4.79 Å². The molecule has 1 aliphatic rings. The van der Waals surface area contributed by atoms with Gasteiger partial charge in [0.05, 0.1) is 5.56 Å². The van der Waals surface area contributed by atoms with Crippen molar-refractivity contribution in [1.82, 2.24) is 24.9 Å². The molecular weight excluding hydrogens is 316 g/mol. The second kappa shape index (κ2) is 6.51. The van der Waals surface area contributed by atoms with Gasteiger partial charge in [0.2, 0.25) is 0 Å². The minimum absolute atomic E-state index is 0.000357. The summed E-state index contributed by atoms with van der Waals surface area (Å²) in [5.41, 5.74) is 2.97. The number of rotatable bonds is 3. The Labute approximate surface area is 145 Å². The summed E-state index contributed by atoms with van der Waals surface area (Å²) in [5.74, 6) is -0.000357. The number of aromatic nitrogens is 4. The van der Waals surface area contributed by atoms with Gasteiger partial charge in [-0.05, 0) is 31.0 Å². The molecule has 3 aromatic rings. The van der Waals surface area contributed by atoms with Crippen molar-refractivity contribution in [1.29, 1.82) is 0 Å². The van der Waals surface area contributed by atoms with Gasteiger partial charge in [-0.25, -0.2) is 9.67 Å². The molecule has 0 spiro atoms. The van der Waals surface area contributed by atoms with Crippen molar-refractivity contribution in [3.8, 4) is 0 Å². The Hall–Kier alpha value is -2.96. The van der Waals surface area contributed by atoms with E-state index in [9.17, 15) is 4.79 Å². The molecule has 0 aliphatic carbocycles. The Kier molecular flexibility index (Phi) is 4.05. The van der Waals surface area contributed by atoms with Crippen LogP contribution < -0.4 is 5.32 Å². The molecule has 7 heteroatoms. The van der Waals surface area contributed by atoms with Crippen molar-refractivity contribution in [3.63, 3.8) is 0 Å². The van der Waals surface area contributed by atoms with Gasteiger partial charge in [-0.15, -0.1) is 5.10 Å². The monoisotopic (exact) mass is 336 g/mol. The molecule has 1 N–H and O–H groups in total. The Morgan fingerprint density at radius 3 is 2.96 bits per heavy atom. The third-order valence-corrected chi connectivity index (χ3v) is 4.54. The Morgan fingerprint density at radius 2 is 2.12 bits per heavy atom. The number of hydrogen-bond donors (Lipinski definition) is 1. The smallest absolute Gasteiger partial charge is 0.255 e. The van der Waals surface area contributed by atoms with Crippen LogP contribution in [-0.4, -0.2) is 49.9 Å². The van der Waals surface area contributed by atoms with E-state index in [4.69, 9.17) is 0 Å². The molecule has 1 fully saturated rings. The van der Waals surface area contributed by atoms with E-state index in [0.29, 0.717) is 23.3 Å². The lowest BCUT2D eigenvalue weighted by molar-refractivity contribution is 0.0714. The molecule has 128 valence electrons. The highest BCUT2D eigenvalue weighted by molar-refractivity contribution is 5.96. The van der Waals surface area contributed by atoms with E-state index in [-0.39, 0.29) is 11.9 Å². The van der Waals surface area contributed by atoms with Gasteiger partial charge in [0.25, 0.3) is 5.91 Å². The number of pyridine rings is 1.